The van der Waals surface area contributed by atoms with Crippen molar-refractivity contribution in [1.29, 1.82) is 0 Å². The van der Waals surface area contributed by atoms with Crippen molar-refractivity contribution in [3.63, 3.8) is 0 Å². The number of carboxylic acids is 3. The second-order valence-electron chi connectivity index (χ2n) is 5.26. The summed E-state index contributed by atoms with van der Waals surface area (Å²) in [4.78, 5) is 61.1. The Morgan fingerprint density at radius 3 is 0.774 bits per heavy atom. The molecule has 0 aliphatic rings. The van der Waals surface area contributed by atoms with Crippen molar-refractivity contribution in [2.45, 2.75) is 38.9 Å². The van der Waals surface area contributed by atoms with E-state index in [1.54, 1.807) is 0 Å². The van der Waals surface area contributed by atoms with Crippen LogP contribution in [0.5, 0.6) is 0 Å². The van der Waals surface area contributed by atoms with Crippen LogP contribution in [0.3, 0.4) is 0 Å². The maximum Gasteiger partial charge on any atom is 3.00 e. The molecule has 3 N–H and O–H groups in total. The van der Waals surface area contributed by atoms with Gasteiger partial charge in [-0.1, -0.05) is 0 Å². The van der Waals surface area contributed by atoms with Crippen molar-refractivity contribution in [2.75, 3.05) is 17.3 Å². The first-order valence-corrected chi connectivity index (χ1v) is 9.89. The molecule has 0 aliphatic carbocycles. The number of aliphatic carboxylic acids is 3. The van der Waals surface area contributed by atoms with Crippen LogP contribution in [-0.4, -0.2) is 71.0 Å². The molecule has 0 spiro atoms. The molecule has 0 heterocycles. The topological polar surface area (TPSA) is 208 Å². The van der Waals surface area contributed by atoms with E-state index in [1.807, 2.05) is 0 Å². The van der Waals surface area contributed by atoms with Crippen LogP contribution in [0.1, 0.15) is 20.8 Å². The average Bonchev–Trinajstić information content (AvgIpc) is 2.61. The third-order valence-corrected chi connectivity index (χ3v) is 3.63. The zero-order chi connectivity index (χ0) is 24.4. The largest absolute Gasteiger partial charge is 3.00 e. The van der Waals surface area contributed by atoms with Crippen molar-refractivity contribution < 1.29 is 61.2 Å². The third kappa shape index (κ3) is 24.5. The van der Waals surface area contributed by atoms with Gasteiger partial charge in [-0.2, -0.15) is 37.9 Å². The number of nitrogens with one attached hydrogen (secondary N) is 3. The summed E-state index contributed by atoms with van der Waals surface area (Å²) in [5, 5.41) is 36.7. The molecule has 31 heavy (non-hydrogen) atoms. The number of thiol groups is 3. The number of amides is 3. The zero-order valence-corrected chi connectivity index (χ0v) is 20.5. The molecular formula is C15H24FeN3O9S3. The van der Waals surface area contributed by atoms with Crippen LogP contribution < -0.4 is 31.3 Å². The SMILES string of the molecule is CC(=O)N[C@@H](CS)C(=O)[O-].CC(=O)N[C@@H](CS)C(=O)[O-].CC(=O)N[C@@H](CS)C(=O)[O-].[Fe+3]. The number of carboxylic acid groups (broad SMARTS) is 3. The van der Waals surface area contributed by atoms with Gasteiger partial charge in [-0.05, 0) is 0 Å². The first kappa shape index (κ1) is 36.7. The van der Waals surface area contributed by atoms with Gasteiger partial charge in [0.1, 0.15) is 0 Å². The molecule has 0 aliphatic heterocycles. The average molecular weight is 542 g/mol. The molecule has 12 nitrogen and oxygen atoms in total. The van der Waals surface area contributed by atoms with Gasteiger partial charge in [-0.25, -0.2) is 0 Å². The van der Waals surface area contributed by atoms with E-state index in [2.05, 4.69) is 53.8 Å². The van der Waals surface area contributed by atoms with Crippen LogP contribution in [0.4, 0.5) is 0 Å². The van der Waals surface area contributed by atoms with E-state index in [1.165, 1.54) is 20.8 Å². The minimum absolute atomic E-state index is 0. The quantitative estimate of drug-likeness (QED) is 0.121. The van der Waals surface area contributed by atoms with Gasteiger partial charge in [0.05, 0.1) is 36.0 Å². The molecule has 0 fully saturated rings. The molecule has 0 aromatic rings. The smallest absolute Gasteiger partial charge is 0.548 e. The summed E-state index contributed by atoms with van der Waals surface area (Å²) in [6.45, 7) is 3.71. The summed E-state index contributed by atoms with van der Waals surface area (Å²) in [5.41, 5.74) is 0. The summed E-state index contributed by atoms with van der Waals surface area (Å²) < 4.78 is 0. The predicted octanol–water partition coefficient (Wildman–Crippen LogP) is -5.49. The number of rotatable bonds is 9. The van der Waals surface area contributed by atoms with Crippen LogP contribution in [0.15, 0.2) is 0 Å². The van der Waals surface area contributed by atoms with Crippen LogP contribution in [0.2, 0.25) is 0 Å². The monoisotopic (exact) mass is 542 g/mol. The van der Waals surface area contributed by atoms with Crippen molar-refractivity contribution in [2.24, 2.45) is 0 Å². The summed E-state index contributed by atoms with van der Waals surface area (Å²) in [7, 11) is 0. The van der Waals surface area contributed by atoms with E-state index in [9.17, 15) is 44.1 Å². The molecule has 0 saturated heterocycles. The van der Waals surface area contributed by atoms with Crippen LogP contribution in [0.25, 0.3) is 0 Å². The summed E-state index contributed by atoms with van der Waals surface area (Å²) in [6.07, 6.45) is 0. The van der Waals surface area contributed by atoms with Gasteiger partial charge in [0.2, 0.25) is 17.7 Å². The maximum absolute atomic E-state index is 10.3. The molecule has 0 unspecified atom stereocenters. The molecular weight excluding hydrogens is 518 g/mol. The fraction of sp³-hybridized carbons (Fsp3) is 0.600. The predicted molar refractivity (Wildman–Crippen MR) is 109 cm³/mol. The fourth-order valence-corrected chi connectivity index (χ4v) is 1.99. The van der Waals surface area contributed by atoms with Gasteiger partial charge in [-0.3, -0.25) is 14.4 Å². The third-order valence-electron chi connectivity index (χ3n) is 2.53. The summed E-state index contributed by atoms with van der Waals surface area (Å²) in [5.74, 6) is -5.01. The Morgan fingerprint density at radius 1 is 0.581 bits per heavy atom. The Hall–Kier alpha value is -1.61. The van der Waals surface area contributed by atoms with E-state index >= 15 is 0 Å². The first-order valence-electron chi connectivity index (χ1n) is 7.99. The second kappa shape index (κ2) is 21.6. The van der Waals surface area contributed by atoms with Gasteiger partial charge in [0, 0.05) is 38.0 Å². The van der Waals surface area contributed by atoms with Crippen LogP contribution >= 0.6 is 37.9 Å². The molecule has 0 rings (SSSR count). The molecule has 3 atom stereocenters. The Bertz CT molecular complexity index is 531. The van der Waals surface area contributed by atoms with Gasteiger partial charge >= 0.3 is 17.1 Å². The Morgan fingerprint density at radius 2 is 0.742 bits per heavy atom. The number of carbonyl (C=O) groups excluding carboxylic acids is 6. The van der Waals surface area contributed by atoms with Crippen molar-refractivity contribution in [1.82, 2.24) is 16.0 Å². The number of hydrogen-bond acceptors (Lipinski definition) is 12. The molecule has 0 aromatic carbocycles. The van der Waals surface area contributed by atoms with E-state index < -0.39 is 53.8 Å². The summed E-state index contributed by atoms with van der Waals surface area (Å²) >= 11 is 11.1. The van der Waals surface area contributed by atoms with Gasteiger partial charge in [0.15, 0.2) is 0 Å². The molecule has 0 aromatic heterocycles. The Kier molecular flexibility index (Phi) is 25.6. The van der Waals surface area contributed by atoms with E-state index in [0.29, 0.717) is 0 Å². The zero-order valence-electron chi connectivity index (χ0n) is 16.7. The molecule has 0 saturated carbocycles. The van der Waals surface area contributed by atoms with E-state index in [-0.39, 0.29) is 34.3 Å². The van der Waals surface area contributed by atoms with Gasteiger partial charge in [-0.15, -0.1) is 0 Å². The summed E-state index contributed by atoms with van der Waals surface area (Å²) in [6, 6.07) is -2.96. The maximum atomic E-state index is 10.3. The number of carbonyl (C=O) groups is 6. The van der Waals surface area contributed by atoms with Gasteiger partial charge in [0.25, 0.3) is 0 Å². The molecule has 3 amide bonds. The van der Waals surface area contributed by atoms with Gasteiger partial charge < -0.3 is 45.7 Å². The van der Waals surface area contributed by atoms with Crippen LogP contribution in [-0.2, 0) is 45.8 Å². The molecule has 179 valence electrons. The molecule has 0 bridgehead atoms. The van der Waals surface area contributed by atoms with Crippen molar-refractivity contribution in [3.8, 4) is 0 Å². The fourth-order valence-electron chi connectivity index (χ4n) is 1.27. The molecule has 16 heteroatoms. The normalized spacial score (nSPS) is 11.8. The van der Waals surface area contributed by atoms with E-state index in [4.69, 9.17) is 0 Å². The second-order valence-corrected chi connectivity index (χ2v) is 6.36. The number of hydrogen-bond donors (Lipinski definition) is 6. The molecule has 1 radical (unpaired) electrons. The Balaban J connectivity index is -0.000000174. The Labute approximate surface area is 206 Å². The minimum atomic E-state index is -1.31. The van der Waals surface area contributed by atoms with Crippen molar-refractivity contribution >= 4 is 73.5 Å². The first-order chi connectivity index (χ1) is 13.7. The minimum Gasteiger partial charge on any atom is -0.548 e. The van der Waals surface area contributed by atoms with Crippen LogP contribution in [0, 0.1) is 0 Å². The standard InChI is InChI=1S/3C5H9NO3S.Fe/c3*1-3(7)6-4(2-10)5(8)9;/h3*4,10H,2H2,1H3,(H,6,7)(H,8,9);/q;;;+3/p-3/t3*4-;/m000./s1. The van der Waals surface area contributed by atoms with E-state index in [0.717, 1.165) is 0 Å². The van der Waals surface area contributed by atoms with Crippen molar-refractivity contribution in [3.05, 3.63) is 0 Å².